The molecule has 0 amide bonds. The second-order valence-electron chi connectivity index (χ2n) is 3.72. The second-order valence-corrected chi connectivity index (χ2v) is 5.90. The number of nitrogens with one attached hydrogen (secondary N) is 1. The van der Waals surface area contributed by atoms with Crippen molar-refractivity contribution >= 4 is 9.84 Å². The van der Waals surface area contributed by atoms with E-state index in [0.717, 1.165) is 6.26 Å². The Balaban J connectivity index is 3.21. The normalized spacial score (nSPS) is 13.7. The zero-order chi connectivity index (χ0) is 13.2. The molecule has 0 aliphatic heterocycles. The number of halogens is 3. The minimum Gasteiger partial charge on any atom is -0.312 e. The molecule has 1 aromatic rings. The highest BCUT2D eigenvalue weighted by Crippen LogP contribution is 2.23. The summed E-state index contributed by atoms with van der Waals surface area (Å²) in [6.07, 6.45) is 0.955. The zero-order valence-electron chi connectivity index (χ0n) is 9.30. The number of sulfone groups is 1. The molecule has 0 saturated heterocycles. The molecule has 0 saturated carbocycles. The van der Waals surface area contributed by atoms with E-state index < -0.39 is 44.6 Å². The summed E-state index contributed by atoms with van der Waals surface area (Å²) in [6, 6.07) is -0.0126. The number of hydrogen-bond acceptors (Lipinski definition) is 3. The Hall–Kier alpha value is -1.08. The molecular weight excluding hydrogens is 255 g/mol. The molecule has 1 rings (SSSR count). The third-order valence-corrected chi connectivity index (χ3v) is 3.15. The molecule has 96 valence electrons. The average molecular weight is 267 g/mol. The molecule has 1 atom stereocenters. The number of hydrogen-bond donors (Lipinski definition) is 1. The van der Waals surface area contributed by atoms with Crippen LogP contribution in [0.4, 0.5) is 13.2 Å². The van der Waals surface area contributed by atoms with Crippen molar-refractivity contribution in [2.75, 3.05) is 19.1 Å². The average Bonchev–Trinajstić information content (AvgIpc) is 2.12. The van der Waals surface area contributed by atoms with Gasteiger partial charge in [0.25, 0.3) is 0 Å². The van der Waals surface area contributed by atoms with E-state index in [1.54, 1.807) is 0 Å². The fraction of sp³-hybridized carbons (Fsp3) is 0.400. The van der Waals surface area contributed by atoms with Gasteiger partial charge in [-0.3, -0.25) is 0 Å². The van der Waals surface area contributed by atoms with E-state index in [4.69, 9.17) is 0 Å². The van der Waals surface area contributed by atoms with Crippen molar-refractivity contribution in [3.63, 3.8) is 0 Å². The van der Waals surface area contributed by atoms with Gasteiger partial charge in [0.05, 0.1) is 11.8 Å². The van der Waals surface area contributed by atoms with Gasteiger partial charge < -0.3 is 5.32 Å². The summed E-state index contributed by atoms with van der Waals surface area (Å²) in [7, 11) is -2.04. The fourth-order valence-electron chi connectivity index (χ4n) is 1.50. The van der Waals surface area contributed by atoms with E-state index in [9.17, 15) is 21.6 Å². The van der Waals surface area contributed by atoms with Crippen LogP contribution >= 0.6 is 0 Å². The highest BCUT2D eigenvalue weighted by molar-refractivity contribution is 7.90. The molecule has 0 aromatic heterocycles. The third kappa shape index (κ3) is 3.71. The van der Waals surface area contributed by atoms with Crippen LogP contribution in [0.25, 0.3) is 0 Å². The van der Waals surface area contributed by atoms with Gasteiger partial charge in [-0.1, -0.05) is 0 Å². The van der Waals surface area contributed by atoms with Crippen molar-refractivity contribution in [2.24, 2.45) is 0 Å². The molecule has 1 N–H and O–H groups in total. The molecule has 0 fully saturated rings. The summed E-state index contributed by atoms with van der Waals surface area (Å²) < 4.78 is 61.7. The van der Waals surface area contributed by atoms with E-state index >= 15 is 0 Å². The maximum atomic E-state index is 13.4. The van der Waals surface area contributed by atoms with Crippen LogP contribution in [0.15, 0.2) is 12.1 Å². The van der Waals surface area contributed by atoms with E-state index in [0.29, 0.717) is 12.1 Å². The van der Waals surface area contributed by atoms with Crippen LogP contribution in [-0.2, 0) is 9.84 Å². The molecule has 1 unspecified atom stereocenters. The zero-order valence-corrected chi connectivity index (χ0v) is 10.1. The van der Waals surface area contributed by atoms with Gasteiger partial charge in [0.1, 0.15) is 27.3 Å². The highest BCUT2D eigenvalue weighted by atomic mass is 32.2. The van der Waals surface area contributed by atoms with Crippen LogP contribution < -0.4 is 5.32 Å². The lowest BCUT2D eigenvalue weighted by molar-refractivity contribution is 0.489. The first kappa shape index (κ1) is 14.0. The van der Waals surface area contributed by atoms with Gasteiger partial charge in [-0.05, 0) is 7.05 Å². The summed E-state index contributed by atoms with van der Waals surface area (Å²) in [5, 5.41) is 2.49. The smallest absolute Gasteiger partial charge is 0.149 e. The lowest BCUT2D eigenvalue weighted by Crippen LogP contribution is -2.26. The molecule has 7 heteroatoms. The quantitative estimate of drug-likeness (QED) is 0.897. The van der Waals surface area contributed by atoms with Gasteiger partial charge in [0.2, 0.25) is 0 Å². The molecule has 0 aliphatic rings. The van der Waals surface area contributed by atoms with E-state index in [2.05, 4.69) is 5.32 Å². The molecular formula is C10H12F3NO2S. The lowest BCUT2D eigenvalue weighted by atomic mass is 10.1. The van der Waals surface area contributed by atoms with Gasteiger partial charge in [-0.25, -0.2) is 21.6 Å². The standard InChI is InChI=1S/C10H12F3NO2S/c1-14-9(5-17(2,15)16)10-7(12)3-6(11)4-8(10)13/h3-4,9,14H,5H2,1-2H3. The summed E-state index contributed by atoms with van der Waals surface area (Å²) in [5.74, 6) is -3.72. The van der Waals surface area contributed by atoms with Crippen molar-refractivity contribution < 1.29 is 21.6 Å². The molecule has 0 spiro atoms. The van der Waals surface area contributed by atoms with Crippen molar-refractivity contribution in [1.29, 1.82) is 0 Å². The van der Waals surface area contributed by atoms with Crippen molar-refractivity contribution in [1.82, 2.24) is 5.32 Å². The minimum atomic E-state index is -3.42. The van der Waals surface area contributed by atoms with Crippen molar-refractivity contribution in [2.45, 2.75) is 6.04 Å². The maximum absolute atomic E-state index is 13.4. The Morgan fingerprint density at radius 3 is 2.06 bits per heavy atom. The largest absolute Gasteiger partial charge is 0.312 e. The van der Waals surface area contributed by atoms with Gasteiger partial charge >= 0.3 is 0 Å². The van der Waals surface area contributed by atoms with Gasteiger partial charge in [-0.2, -0.15) is 0 Å². The third-order valence-electron chi connectivity index (χ3n) is 2.21. The highest BCUT2D eigenvalue weighted by Gasteiger charge is 2.23. The first-order chi connectivity index (χ1) is 7.74. The summed E-state index contributed by atoms with van der Waals surface area (Å²) in [6.45, 7) is 0. The topological polar surface area (TPSA) is 46.2 Å². The maximum Gasteiger partial charge on any atom is 0.149 e. The van der Waals surface area contributed by atoms with Gasteiger partial charge in [0, 0.05) is 24.0 Å². The summed E-state index contributed by atoms with van der Waals surface area (Å²) in [4.78, 5) is 0. The monoisotopic (exact) mass is 267 g/mol. The van der Waals surface area contributed by atoms with E-state index in [1.165, 1.54) is 7.05 Å². The van der Waals surface area contributed by atoms with Crippen LogP contribution in [-0.4, -0.2) is 27.5 Å². The molecule has 0 heterocycles. The second kappa shape index (κ2) is 5.05. The first-order valence-corrected chi connectivity index (χ1v) is 6.80. The Morgan fingerprint density at radius 1 is 1.24 bits per heavy atom. The van der Waals surface area contributed by atoms with Crippen LogP contribution in [0, 0.1) is 17.5 Å². The van der Waals surface area contributed by atoms with Crippen LogP contribution in [0.2, 0.25) is 0 Å². The molecule has 0 aliphatic carbocycles. The molecule has 3 nitrogen and oxygen atoms in total. The summed E-state index contributed by atoms with van der Waals surface area (Å²) in [5.41, 5.74) is -0.473. The first-order valence-electron chi connectivity index (χ1n) is 4.74. The van der Waals surface area contributed by atoms with Gasteiger partial charge in [0.15, 0.2) is 0 Å². The predicted molar refractivity (Wildman–Crippen MR) is 57.8 cm³/mol. The van der Waals surface area contributed by atoms with Gasteiger partial charge in [-0.15, -0.1) is 0 Å². The van der Waals surface area contributed by atoms with E-state index in [-0.39, 0.29) is 0 Å². The Labute approximate surface area is 97.6 Å². The Morgan fingerprint density at radius 2 is 1.71 bits per heavy atom. The Kier molecular flexibility index (Phi) is 4.16. The lowest BCUT2D eigenvalue weighted by Gasteiger charge is -2.17. The molecule has 0 radical (unpaired) electrons. The SMILES string of the molecule is CNC(CS(C)(=O)=O)c1c(F)cc(F)cc1F. The van der Waals surface area contributed by atoms with Crippen LogP contribution in [0.1, 0.15) is 11.6 Å². The van der Waals surface area contributed by atoms with Crippen LogP contribution in [0.3, 0.4) is 0 Å². The molecule has 17 heavy (non-hydrogen) atoms. The fourth-order valence-corrected chi connectivity index (χ4v) is 2.44. The number of rotatable bonds is 4. The van der Waals surface area contributed by atoms with Crippen LogP contribution in [0.5, 0.6) is 0 Å². The summed E-state index contributed by atoms with van der Waals surface area (Å²) >= 11 is 0. The molecule has 1 aromatic carbocycles. The Bertz CT molecular complexity index is 493. The molecule has 0 bridgehead atoms. The van der Waals surface area contributed by atoms with Crippen molar-refractivity contribution in [3.05, 3.63) is 35.1 Å². The predicted octanol–water partition coefficient (Wildman–Crippen LogP) is 1.41. The minimum absolute atomic E-state index is 0.469. The number of benzene rings is 1. The van der Waals surface area contributed by atoms with Crippen molar-refractivity contribution in [3.8, 4) is 0 Å². The van der Waals surface area contributed by atoms with E-state index in [1.807, 2.05) is 0 Å².